The van der Waals surface area contributed by atoms with Gasteiger partial charge in [0.05, 0.1) is 0 Å². The van der Waals surface area contributed by atoms with Gasteiger partial charge in [0.15, 0.2) is 5.78 Å². The van der Waals surface area contributed by atoms with E-state index in [0.717, 1.165) is 43.1 Å². The summed E-state index contributed by atoms with van der Waals surface area (Å²) in [6, 6.07) is 17.6. The topological polar surface area (TPSA) is 20.3 Å². The maximum Gasteiger partial charge on any atom is 0.167 e. The van der Waals surface area contributed by atoms with E-state index in [9.17, 15) is 4.79 Å². The molecule has 1 fully saturated rings. The summed E-state index contributed by atoms with van der Waals surface area (Å²) in [5.74, 6) is 0.393. The Bertz CT molecular complexity index is 624. The first-order valence-corrected chi connectivity index (χ1v) is 8.16. The van der Waals surface area contributed by atoms with Gasteiger partial charge in [0, 0.05) is 29.6 Å². The summed E-state index contributed by atoms with van der Waals surface area (Å²) in [6.07, 6.45) is 2.07. The fourth-order valence-electron chi connectivity index (χ4n) is 3.10. The van der Waals surface area contributed by atoms with E-state index in [-0.39, 0.29) is 11.7 Å². The molecule has 0 amide bonds. The fraction of sp³-hybridized carbons (Fsp3) is 0.316. The molecule has 1 aliphatic rings. The lowest BCUT2D eigenvalue weighted by Crippen LogP contribution is -2.38. The molecular formula is C19H20ClNO. The van der Waals surface area contributed by atoms with Gasteiger partial charge in [-0.15, -0.1) is 0 Å². The third-order valence-electron chi connectivity index (χ3n) is 4.25. The molecule has 2 aromatic rings. The van der Waals surface area contributed by atoms with E-state index < -0.39 is 0 Å². The summed E-state index contributed by atoms with van der Waals surface area (Å²) in [5.41, 5.74) is 2.08. The van der Waals surface area contributed by atoms with Gasteiger partial charge in [-0.2, -0.15) is 0 Å². The summed E-state index contributed by atoms with van der Waals surface area (Å²) in [7, 11) is 0. The van der Waals surface area contributed by atoms with Crippen LogP contribution in [0.2, 0.25) is 5.02 Å². The highest BCUT2D eigenvalue weighted by Gasteiger charge is 2.26. The van der Waals surface area contributed by atoms with Crippen LogP contribution in [0.1, 0.15) is 28.8 Å². The number of Topliss-reactive ketones (excluding diaryl/α,β-unsaturated/α-hetero) is 1. The van der Waals surface area contributed by atoms with Crippen LogP contribution in [0.25, 0.3) is 0 Å². The number of benzene rings is 2. The molecule has 0 N–H and O–H groups in total. The monoisotopic (exact) mass is 313 g/mol. The van der Waals surface area contributed by atoms with Gasteiger partial charge in [0.25, 0.3) is 0 Å². The van der Waals surface area contributed by atoms with E-state index in [2.05, 4.69) is 17.0 Å². The van der Waals surface area contributed by atoms with Crippen molar-refractivity contribution in [2.45, 2.75) is 19.4 Å². The normalized spacial score (nSPS) is 19.0. The van der Waals surface area contributed by atoms with Crippen LogP contribution in [-0.2, 0) is 6.54 Å². The first-order valence-electron chi connectivity index (χ1n) is 7.78. The van der Waals surface area contributed by atoms with E-state index in [1.54, 1.807) is 0 Å². The molecular weight excluding hydrogens is 294 g/mol. The van der Waals surface area contributed by atoms with Gasteiger partial charge < -0.3 is 0 Å². The minimum atomic E-state index is 0.114. The quantitative estimate of drug-likeness (QED) is 0.778. The van der Waals surface area contributed by atoms with Crippen molar-refractivity contribution in [1.82, 2.24) is 4.90 Å². The summed E-state index contributed by atoms with van der Waals surface area (Å²) in [5, 5.41) is 0.763. The number of halogens is 1. The number of likely N-dealkylation sites (tertiary alicyclic amines) is 1. The number of nitrogens with zero attached hydrogens (tertiary/aromatic N) is 1. The second kappa shape index (κ2) is 7.08. The lowest BCUT2D eigenvalue weighted by atomic mass is 9.90. The lowest BCUT2D eigenvalue weighted by molar-refractivity contribution is 0.0811. The maximum atomic E-state index is 12.6. The molecule has 0 aromatic heterocycles. The first-order chi connectivity index (χ1) is 10.7. The van der Waals surface area contributed by atoms with Crippen LogP contribution >= 0.6 is 11.6 Å². The molecule has 1 unspecified atom stereocenters. The molecule has 1 saturated heterocycles. The molecule has 114 valence electrons. The summed E-state index contributed by atoms with van der Waals surface area (Å²) in [4.78, 5) is 15.0. The average molecular weight is 314 g/mol. The molecule has 1 heterocycles. The second-order valence-electron chi connectivity index (χ2n) is 5.93. The van der Waals surface area contributed by atoms with Crippen molar-refractivity contribution in [1.29, 1.82) is 0 Å². The Labute approximate surface area is 136 Å². The van der Waals surface area contributed by atoms with Crippen LogP contribution < -0.4 is 0 Å². The Morgan fingerprint density at radius 3 is 2.55 bits per heavy atom. The predicted molar refractivity (Wildman–Crippen MR) is 90.2 cm³/mol. The highest BCUT2D eigenvalue weighted by Crippen LogP contribution is 2.22. The van der Waals surface area contributed by atoms with Crippen molar-refractivity contribution in [2.24, 2.45) is 5.92 Å². The summed E-state index contributed by atoms with van der Waals surface area (Å²) >= 11 is 5.93. The molecule has 0 spiro atoms. The molecule has 2 nitrogen and oxygen atoms in total. The minimum Gasteiger partial charge on any atom is -0.298 e. The molecule has 1 aliphatic heterocycles. The number of carbonyl (C=O) groups excluding carboxylic acids is 1. The van der Waals surface area contributed by atoms with E-state index in [1.807, 2.05) is 42.5 Å². The van der Waals surface area contributed by atoms with Gasteiger partial charge in [0.2, 0.25) is 0 Å². The highest BCUT2D eigenvalue weighted by atomic mass is 35.5. The van der Waals surface area contributed by atoms with Crippen LogP contribution in [0.3, 0.4) is 0 Å². The largest absolute Gasteiger partial charge is 0.298 e. The van der Waals surface area contributed by atoms with Crippen LogP contribution in [0, 0.1) is 5.92 Å². The van der Waals surface area contributed by atoms with Gasteiger partial charge in [0.1, 0.15) is 0 Å². The van der Waals surface area contributed by atoms with Crippen molar-refractivity contribution in [3.8, 4) is 0 Å². The third-order valence-corrected chi connectivity index (χ3v) is 4.51. The Hall–Kier alpha value is -1.64. The van der Waals surface area contributed by atoms with E-state index in [4.69, 9.17) is 11.6 Å². The number of ketones is 1. The van der Waals surface area contributed by atoms with Crippen LogP contribution in [0.4, 0.5) is 0 Å². The molecule has 22 heavy (non-hydrogen) atoms. The molecule has 0 aliphatic carbocycles. The standard InChI is InChI=1S/C19H20ClNO/c20-18-10-8-15(9-11-18)13-21-12-4-7-17(14-21)19(22)16-5-2-1-3-6-16/h1-3,5-6,8-11,17H,4,7,12-14H2. The number of hydrogen-bond acceptors (Lipinski definition) is 2. The predicted octanol–water partition coefficient (Wildman–Crippen LogP) is 4.43. The van der Waals surface area contributed by atoms with Crippen molar-refractivity contribution in [3.63, 3.8) is 0 Å². The summed E-state index contributed by atoms with van der Waals surface area (Å²) < 4.78 is 0. The first kappa shape index (κ1) is 15.3. The van der Waals surface area contributed by atoms with Gasteiger partial charge >= 0.3 is 0 Å². The molecule has 0 bridgehead atoms. The van der Waals surface area contributed by atoms with E-state index in [0.29, 0.717) is 0 Å². The Morgan fingerprint density at radius 2 is 1.82 bits per heavy atom. The molecule has 0 saturated carbocycles. The summed E-state index contributed by atoms with van der Waals surface area (Å²) in [6.45, 7) is 2.79. The van der Waals surface area contributed by atoms with Crippen LogP contribution in [-0.4, -0.2) is 23.8 Å². The number of carbonyl (C=O) groups is 1. The van der Waals surface area contributed by atoms with Crippen molar-refractivity contribution >= 4 is 17.4 Å². The van der Waals surface area contributed by atoms with Gasteiger partial charge in [-0.05, 0) is 37.1 Å². The van der Waals surface area contributed by atoms with Gasteiger partial charge in [-0.1, -0.05) is 54.1 Å². The number of piperidine rings is 1. The Balaban J connectivity index is 1.64. The van der Waals surface area contributed by atoms with Crippen molar-refractivity contribution in [2.75, 3.05) is 13.1 Å². The Kier molecular flexibility index (Phi) is 4.91. The number of rotatable bonds is 4. The molecule has 2 aromatic carbocycles. The maximum absolute atomic E-state index is 12.6. The second-order valence-corrected chi connectivity index (χ2v) is 6.37. The SMILES string of the molecule is O=C(c1ccccc1)C1CCCN(Cc2ccc(Cl)cc2)C1. The highest BCUT2D eigenvalue weighted by molar-refractivity contribution is 6.30. The fourth-order valence-corrected chi connectivity index (χ4v) is 3.23. The van der Waals surface area contributed by atoms with E-state index >= 15 is 0 Å². The van der Waals surface area contributed by atoms with Gasteiger partial charge in [-0.3, -0.25) is 9.69 Å². The third kappa shape index (κ3) is 3.76. The average Bonchev–Trinajstić information content (AvgIpc) is 2.57. The van der Waals surface area contributed by atoms with Gasteiger partial charge in [-0.25, -0.2) is 0 Å². The van der Waals surface area contributed by atoms with E-state index in [1.165, 1.54) is 5.56 Å². The smallest absolute Gasteiger partial charge is 0.167 e. The van der Waals surface area contributed by atoms with Crippen molar-refractivity contribution in [3.05, 3.63) is 70.7 Å². The van der Waals surface area contributed by atoms with Crippen LogP contribution in [0.15, 0.2) is 54.6 Å². The van der Waals surface area contributed by atoms with Crippen LogP contribution in [0.5, 0.6) is 0 Å². The minimum absolute atomic E-state index is 0.114. The Morgan fingerprint density at radius 1 is 1.09 bits per heavy atom. The zero-order valence-corrected chi connectivity index (χ0v) is 13.3. The number of hydrogen-bond donors (Lipinski definition) is 0. The molecule has 0 radical (unpaired) electrons. The van der Waals surface area contributed by atoms with Crippen molar-refractivity contribution < 1.29 is 4.79 Å². The molecule has 3 heteroatoms. The zero-order chi connectivity index (χ0) is 15.4. The molecule has 3 rings (SSSR count). The molecule has 1 atom stereocenters. The lowest BCUT2D eigenvalue weighted by Gasteiger charge is -2.32. The zero-order valence-electron chi connectivity index (χ0n) is 12.5.